The number of hydrogen-bond donors (Lipinski definition) is 0. The Labute approximate surface area is 344 Å². The number of rotatable bonds is 5. The molecule has 0 aliphatic carbocycles. The fourth-order valence-electron chi connectivity index (χ4n) is 8.27. The number of pyridine rings is 6. The van der Waals surface area contributed by atoms with E-state index in [1.807, 2.05) is 42.6 Å². The maximum Gasteiger partial charge on any atom is 0.0972 e. The van der Waals surface area contributed by atoms with Crippen LogP contribution in [0.2, 0.25) is 0 Å². The molecule has 0 saturated heterocycles. The lowest BCUT2D eigenvalue weighted by atomic mass is 10.00. The molecule has 12 rings (SSSR count). The second-order valence-electron chi connectivity index (χ2n) is 15.2. The van der Waals surface area contributed by atoms with Crippen LogP contribution in [-0.4, -0.2) is 29.9 Å². The van der Waals surface area contributed by atoms with Crippen molar-refractivity contribution in [3.8, 4) is 56.3 Å². The van der Waals surface area contributed by atoms with Gasteiger partial charge in [0.15, 0.2) is 0 Å². The first-order valence-corrected chi connectivity index (χ1v) is 20.0. The predicted molar refractivity (Wildman–Crippen MR) is 245 cm³/mol. The molecule has 278 valence electrons. The number of aromatic nitrogens is 6. The van der Waals surface area contributed by atoms with E-state index in [0.29, 0.717) is 0 Å². The first kappa shape index (κ1) is 33.9. The Balaban J connectivity index is 0.849. The minimum absolute atomic E-state index is 0.814. The number of hydrogen-bond acceptors (Lipinski definition) is 6. The zero-order chi connectivity index (χ0) is 39.6. The molecule has 6 heteroatoms. The highest BCUT2D eigenvalue weighted by Gasteiger charge is 2.12. The van der Waals surface area contributed by atoms with Gasteiger partial charge < -0.3 is 0 Å². The number of nitrogens with zero attached hydrogens (tertiary/aromatic N) is 6. The minimum Gasteiger partial charge on any atom is -0.254 e. The molecule has 0 N–H and O–H groups in total. The molecule has 0 bridgehead atoms. The highest BCUT2D eigenvalue weighted by atomic mass is 14.8. The highest BCUT2D eigenvalue weighted by Crippen LogP contribution is 2.33. The van der Waals surface area contributed by atoms with E-state index in [4.69, 9.17) is 24.9 Å². The van der Waals surface area contributed by atoms with Gasteiger partial charge in [0.1, 0.15) is 0 Å². The second kappa shape index (κ2) is 13.7. The Bertz CT molecular complexity index is 3660. The third-order valence-corrected chi connectivity index (χ3v) is 11.5. The minimum atomic E-state index is 0.814. The van der Waals surface area contributed by atoms with Crippen LogP contribution in [0, 0.1) is 0 Å². The topological polar surface area (TPSA) is 77.3 Å². The Morgan fingerprint density at radius 1 is 0.233 bits per heavy atom. The molecule has 12 aromatic rings. The van der Waals surface area contributed by atoms with Crippen LogP contribution in [0.4, 0.5) is 0 Å². The molecule has 6 aromatic heterocycles. The molecule has 0 fully saturated rings. The van der Waals surface area contributed by atoms with Gasteiger partial charge in [0, 0.05) is 55.2 Å². The SMILES string of the molecule is c1ccc(-c2ccc3ccc4ccc(-c5ccc(-c6ccc7ccc(-c8ccc9ccc(-c%10ccc%11ccc%12cccnc%12c%11n%10)nc9c8)nc7c6)cc5)nc4c3n2)cc1. The first-order valence-electron chi connectivity index (χ1n) is 20.0. The molecule has 6 heterocycles. The molecule has 0 aliphatic heterocycles. The van der Waals surface area contributed by atoms with Crippen molar-refractivity contribution in [1.82, 2.24) is 29.9 Å². The van der Waals surface area contributed by atoms with Crippen molar-refractivity contribution >= 4 is 65.4 Å². The van der Waals surface area contributed by atoms with Gasteiger partial charge in [-0.05, 0) is 59.7 Å². The van der Waals surface area contributed by atoms with E-state index in [1.54, 1.807) is 0 Å². The molecule has 6 nitrogen and oxygen atoms in total. The quantitative estimate of drug-likeness (QED) is 0.162. The summed E-state index contributed by atoms with van der Waals surface area (Å²) < 4.78 is 0. The van der Waals surface area contributed by atoms with Crippen molar-refractivity contribution in [2.24, 2.45) is 0 Å². The van der Waals surface area contributed by atoms with Crippen LogP contribution in [0.1, 0.15) is 0 Å². The van der Waals surface area contributed by atoms with E-state index in [2.05, 4.69) is 157 Å². The van der Waals surface area contributed by atoms with Crippen molar-refractivity contribution in [3.63, 3.8) is 0 Å². The summed E-state index contributed by atoms with van der Waals surface area (Å²) in [4.78, 5) is 30.2. The Hall–Kier alpha value is -8.22. The van der Waals surface area contributed by atoms with Crippen LogP contribution < -0.4 is 0 Å². The summed E-state index contributed by atoms with van der Waals surface area (Å²) in [5.74, 6) is 0. The lowest BCUT2D eigenvalue weighted by Crippen LogP contribution is -1.92. The highest BCUT2D eigenvalue weighted by molar-refractivity contribution is 6.05. The van der Waals surface area contributed by atoms with Gasteiger partial charge in [-0.1, -0.05) is 140 Å². The maximum atomic E-state index is 5.17. The molecule has 0 unspecified atom stereocenters. The molecule has 0 atom stereocenters. The summed E-state index contributed by atoms with van der Waals surface area (Å²) in [7, 11) is 0. The Morgan fingerprint density at radius 3 is 1.28 bits per heavy atom. The fraction of sp³-hybridized carbons (Fsp3) is 0. The van der Waals surface area contributed by atoms with Gasteiger partial charge in [0.05, 0.1) is 61.6 Å². The van der Waals surface area contributed by atoms with Gasteiger partial charge in [-0.25, -0.2) is 24.9 Å². The van der Waals surface area contributed by atoms with Crippen molar-refractivity contribution in [1.29, 1.82) is 0 Å². The zero-order valence-corrected chi connectivity index (χ0v) is 32.2. The molecule has 0 spiro atoms. The van der Waals surface area contributed by atoms with Crippen LogP contribution in [0.25, 0.3) is 122 Å². The van der Waals surface area contributed by atoms with E-state index in [1.165, 1.54) is 0 Å². The summed E-state index contributed by atoms with van der Waals surface area (Å²) in [6.45, 7) is 0. The predicted octanol–water partition coefficient (Wildman–Crippen LogP) is 13.3. The molecule has 0 radical (unpaired) electrons. The van der Waals surface area contributed by atoms with Crippen LogP contribution >= 0.6 is 0 Å². The van der Waals surface area contributed by atoms with Gasteiger partial charge in [-0.2, -0.15) is 0 Å². The summed E-state index contributed by atoms with van der Waals surface area (Å²) >= 11 is 0. The van der Waals surface area contributed by atoms with E-state index >= 15 is 0 Å². The average molecular weight is 765 g/mol. The van der Waals surface area contributed by atoms with Crippen LogP contribution in [0.15, 0.2) is 194 Å². The second-order valence-corrected chi connectivity index (χ2v) is 15.2. The molecule has 0 saturated carbocycles. The summed E-state index contributed by atoms with van der Waals surface area (Å²) in [6.07, 6.45) is 1.82. The molecular formula is C54H32N6. The Morgan fingerprint density at radius 2 is 0.633 bits per heavy atom. The van der Waals surface area contributed by atoms with E-state index < -0.39 is 0 Å². The smallest absolute Gasteiger partial charge is 0.0972 e. The lowest BCUT2D eigenvalue weighted by Gasteiger charge is -2.10. The third-order valence-electron chi connectivity index (χ3n) is 11.5. The number of benzene rings is 6. The lowest BCUT2D eigenvalue weighted by molar-refractivity contribution is 1.31. The molecular weight excluding hydrogens is 733 g/mol. The van der Waals surface area contributed by atoms with Gasteiger partial charge in [0.2, 0.25) is 0 Å². The zero-order valence-electron chi connectivity index (χ0n) is 32.2. The monoisotopic (exact) mass is 764 g/mol. The van der Waals surface area contributed by atoms with Crippen molar-refractivity contribution in [2.75, 3.05) is 0 Å². The molecule has 6 aromatic carbocycles. The van der Waals surface area contributed by atoms with E-state index in [0.717, 1.165) is 122 Å². The average Bonchev–Trinajstić information content (AvgIpc) is 3.33. The van der Waals surface area contributed by atoms with Gasteiger partial charge in [-0.3, -0.25) is 4.98 Å². The number of fused-ring (bicyclic) bond motifs is 8. The van der Waals surface area contributed by atoms with Crippen LogP contribution in [0.5, 0.6) is 0 Å². The largest absolute Gasteiger partial charge is 0.254 e. The summed E-state index contributed by atoms with van der Waals surface area (Å²) in [5, 5.41) is 6.41. The molecule has 60 heavy (non-hydrogen) atoms. The third kappa shape index (κ3) is 5.89. The fourth-order valence-corrected chi connectivity index (χ4v) is 8.27. The van der Waals surface area contributed by atoms with E-state index in [9.17, 15) is 0 Å². The summed E-state index contributed by atoms with van der Waals surface area (Å²) in [5.41, 5.74) is 15.1. The Kier molecular flexibility index (Phi) is 7.74. The first-order chi connectivity index (χ1) is 29.7. The van der Waals surface area contributed by atoms with Crippen molar-refractivity contribution in [3.05, 3.63) is 194 Å². The van der Waals surface area contributed by atoms with Gasteiger partial charge in [0.25, 0.3) is 0 Å². The summed E-state index contributed by atoms with van der Waals surface area (Å²) in [6, 6.07) is 65.1. The van der Waals surface area contributed by atoms with Crippen LogP contribution in [0.3, 0.4) is 0 Å². The molecule has 0 aliphatic rings. The standard InChI is InChI=1S/C54H32N6/c1-2-5-34(6-3-1)44-26-22-40-16-17-41-23-27-45(59-54(41)53(40)58-44)35-10-8-33(9-11-35)42-18-12-36-20-25-46(56-49(36)31-42)43-19-13-37-21-28-47(57-50(37)32-43)48-29-24-39-15-14-38-7-4-30-55-51(38)52(39)60-48/h1-32H. The van der Waals surface area contributed by atoms with Crippen molar-refractivity contribution < 1.29 is 0 Å². The normalized spacial score (nSPS) is 11.7. The van der Waals surface area contributed by atoms with Gasteiger partial charge in [-0.15, -0.1) is 0 Å². The van der Waals surface area contributed by atoms with Crippen molar-refractivity contribution in [2.45, 2.75) is 0 Å². The van der Waals surface area contributed by atoms with E-state index in [-0.39, 0.29) is 0 Å². The molecule has 0 amide bonds. The maximum absolute atomic E-state index is 5.17. The van der Waals surface area contributed by atoms with Crippen LogP contribution in [-0.2, 0) is 0 Å². The van der Waals surface area contributed by atoms with Gasteiger partial charge >= 0.3 is 0 Å².